The van der Waals surface area contributed by atoms with E-state index < -0.39 is 0 Å². The molecule has 2 heterocycles. The molecule has 0 N–H and O–H groups in total. The first kappa shape index (κ1) is 13.4. The molecule has 0 bridgehead atoms. The molecule has 2 aromatic rings. The molecule has 1 unspecified atom stereocenters. The van der Waals surface area contributed by atoms with E-state index in [1.165, 1.54) is 5.69 Å². The van der Waals surface area contributed by atoms with Crippen molar-refractivity contribution in [2.24, 2.45) is 5.92 Å². The molecule has 1 fully saturated rings. The first-order valence-corrected chi connectivity index (χ1v) is 7.15. The van der Waals surface area contributed by atoms with Crippen LogP contribution in [0.5, 0.6) is 5.75 Å². The van der Waals surface area contributed by atoms with Gasteiger partial charge in [-0.1, -0.05) is 18.2 Å². The molecular weight excluding hydrogens is 262 g/mol. The predicted molar refractivity (Wildman–Crippen MR) is 81.2 cm³/mol. The van der Waals surface area contributed by atoms with Crippen LogP contribution in [-0.4, -0.2) is 24.7 Å². The van der Waals surface area contributed by atoms with E-state index in [9.17, 15) is 0 Å². The van der Waals surface area contributed by atoms with Gasteiger partial charge in [0, 0.05) is 30.9 Å². The van der Waals surface area contributed by atoms with Crippen molar-refractivity contribution < 1.29 is 4.74 Å². The van der Waals surface area contributed by atoms with Crippen molar-refractivity contribution in [1.82, 2.24) is 4.98 Å². The van der Waals surface area contributed by atoms with Crippen molar-refractivity contribution in [3.63, 3.8) is 0 Å². The van der Waals surface area contributed by atoms with Crippen LogP contribution in [0.4, 0.5) is 5.69 Å². The summed E-state index contributed by atoms with van der Waals surface area (Å²) in [6.07, 6.45) is 2.72. The van der Waals surface area contributed by atoms with Crippen molar-refractivity contribution in [3.05, 3.63) is 54.4 Å². The van der Waals surface area contributed by atoms with E-state index in [4.69, 9.17) is 10.00 Å². The van der Waals surface area contributed by atoms with Crippen molar-refractivity contribution in [2.75, 3.05) is 24.6 Å². The molecule has 1 atom stereocenters. The number of pyridine rings is 1. The minimum absolute atomic E-state index is 0.357. The number of nitriles is 1. The third kappa shape index (κ3) is 3.14. The van der Waals surface area contributed by atoms with E-state index in [0.29, 0.717) is 24.0 Å². The number of hydrogen-bond acceptors (Lipinski definition) is 4. The zero-order valence-corrected chi connectivity index (χ0v) is 11.8. The second-order valence-corrected chi connectivity index (χ2v) is 5.21. The summed E-state index contributed by atoms with van der Waals surface area (Å²) in [5, 5.41) is 9.00. The average Bonchev–Trinajstić information content (AvgIpc) is 3.03. The molecule has 4 nitrogen and oxygen atoms in total. The molecule has 1 aliphatic rings. The first-order chi connectivity index (χ1) is 10.4. The maximum absolute atomic E-state index is 9.00. The number of nitrogens with zero attached hydrogens (tertiary/aromatic N) is 3. The SMILES string of the molecule is N#Cc1ncccc1OCC1CCN(c2ccccc2)C1. The Hall–Kier alpha value is -2.54. The lowest BCUT2D eigenvalue weighted by Gasteiger charge is -2.18. The van der Waals surface area contributed by atoms with Crippen molar-refractivity contribution in [1.29, 1.82) is 5.26 Å². The minimum atomic E-state index is 0.357. The van der Waals surface area contributed by atoms with Crippen LogP contribution >= 0.6 is 0 Å². The van der Waals surface area contributed by atoms with Crippen LogP contribution in [0, 0.1) is 17.2 Å². The maximum Gasteiger partial charge on any atom is 0.182 e. The van der Waals surface area contributed by atoms with Gasteiger partial charge >= 0.3 is 0 Å². The van der Waals surface area contributed by atoms with E-state index in [0.717, 1.165) is 19.5 Å². The van der Waals surface area contributed by atoms with E-state index in [-0.39, 0.29) is 0 Å². The summed E-state index contributed by atoms with van der Waals surface area (Å²) in [5.74, 6) is 1.06. The Morgan fingerprint density at radius 3 is 2.90 bits per heavy atom. The second kappa shape index (κ2) is 6.27. The monoisotopic (exact) mass is 279 g/mol. The van der Waals surface area contributed by atoms with Crippen LogP contribution < -0.4 is 9.64 Å². The third-order valence-electron chi connectivity index (χ3n) is 3.76. The number of anilines is 1. The Labute approximate surface area is 124 Å². The highest BCUT2D eigenvalue weighted by atomic mass is 16.5. The van der Waals surface area contributed by atoms with Gasteiger partial charge in [-0.05, 0) is 30.7 Å². The highest BCUT2D eigenvalue weighted by Gasteiger charge is 2.23. The molecule has 0 saturated carbocycles. The third-order valence-corrected chi connectivity index (χ3v) is 3.76. The zero-order valence-electron chi connectivity index (χ0n) is 11.8. The number of hydrogen-bond donors (Lipinski definition) is 0. The second-order valence-electron chi connectivity index (χ2n) is 5.21. The summed E-state index contributed by atoms with van der Waals surface area (Å²) in [5.41, 5.74) is 1.62. The standard InChI is InChI=1S/C17H17N3O/c18-11-16-17(7-4-9-19-16)21-13-14-8-10-20(12-14)15-5-2-1-3-6-15/h1-7,9,14H,8,10,12-13H2. The van der Waals surface area contributed by atoms with Gasteiger partial charge in [-0.25, -0.2) is 4.98 Å². The Kier molecular flexibility index (Phi) is 4.02. The van der Waals surface area contributed by atoms with Gasteiger partial charge in [-0.2, -0.15) is 5.26 Å². The van der Waals surface area contributed by atoms with Gasteiger partial charge < -0.3 is 9.64 Å². The molecule has 1 aromatic heterocycles. The normalized spacial score (nSPS) is 17.5. The van der Waals surface area contributed by atoms with Crippen LogP contribution in [0.25, 0.3) is 0 Å². The summed E-state index contributed by atoms with van der Waals surface area (Å²) in [6.45, 7) is 2.67. The van der Waals surface area contributed by atoms with Gasteiger partial charge in [-0.3, -0.25) is 0 Å². The fourth-order valence-electron chi connectivity index (χ4n) is 2.64. The molecule has 3 rings (SSSR count). The molecule has 106 valence electrons. The maximum atomic E-state index is 9.00. The van der Waals surface area contributed by atoms with E-state index >= 15 is 0 Å². The van der Waals surface area contributed by atoms with Gasteiger partial charge in [0.05, 0.1) is 6.61 Å². The van der Waals surface area contributed by atoms with Crippen LogP contribution in [-0.2, 0) is 0 Å². The van der Waals surface area contributed by atoms with Gasteiger partial charge in [0.2, 0.25) is 0 Å². The molecule has 1 saturated heterocycles. The average molecular weight is 279 g/mol. The van der Waals surface area contributed by atoms with E-state index in [1.807, 2.05) is 6.07 Å². The van der Waals surface area contributed by atoms with Crippen LogP contribution in [0.15, 0.2) is 48.7 Å². The molecule has 0 aliphatic carbocycles. The van der Waals surface area contributed by atoms with Crippen molar-refractivity contribution in [3.8, 4) is 11.8 Å². The Balaban J connectivity index is 1.57. The van der Waals surface area contributed by atoms with Crippen LogP contribution in [0.2, 0.25) is 0 Å². The quantitative estimate of drug-likeness (QED) is 0.863. The molecule has 1 aliphatic heterocycles. The summed E-state index contributed by atoms with van der Waals surface area (Å²) in [4.78, 5) is 6.39. The smallest absolute Gasteiger partial charge is 0.182 e. The minimum Gasteiger partial charge on any atom is -0.490 e. The fourth-order valence-corrected chi connectivity index (χ4v) is 2.64. The molecule has 0 spiro atoms. The fraction of sp³-hybridized carbons (Fsp3) is 0.294. The van der Waals surface area contributed by atoms with E-state index in [1.54, 1.807) is 18.3 Å². The lowest BCUT2D eigenvalue weighted by atomic mass is 10.1. The molecule has 4 heteroatoms. The Morgan fingerprint density at radius 2 is 2.10 bits per heavy atom. The number of benzene rings is 1. The van der Waals surface area contributed by atoms with Gasteiger partial charge in [0.1, 0.15) is 6.07 Å². The van der Waals surface area contributed by atoms with Gasteiger partial charge in [0.15, 0.2) is 11.4 Å². The highest BCUT2D eigenvalue weighted by Crippen LogP contribution is 2.24. The predicted octanol–water partition coefficient (Wildman–Crippen LogP) is 2.86. The Morgan fingerprint density at radius 1 is 1.24 bits per heavy atom. The van der Waals surface area contributed by atoms with E-state index in [2.05, 4.69) is 40.2 Å². The lowest BCUT2D eigenvalue weighted by molar-refractivity contribution is 0.259. The molecule has 1 aromatic carbocycles. The molecule has 21 heavy (non-hydrogen) atoms. The van der Waals surface area contributed by atoms with Crippen LogP contribution in [0.1, 0.15) is 12.1 Å². The summed E-state index contributed by atoms with van der Waals surface area (Å²) in [7, 11) is 0. The first-order valence-electron chi connectivity index (χ1n) is 7.15. The zero-order chi connectivity index (χ0) is 14.5. The number of aromatic nitrogens is 1. The summed E-state index contributed by atoms with van der Waals surface area (Å²) >= 11 is 0. The van der Waals surface area contributed by atoms with Crippen LogP contribution in [0.3, 0.4) is 0 Å². The largest absolute Gasteiger partial charge is 0.490 e. The lowest BCUT2D eigenvalue weighted by Crippen LogP contribution is -2.21. The molecule has 0 amide bonds. The molecule has 0 radical (unpaired) electrons. The number of rotatable bonds is 4. The van der Waals surface area contributed by atoms with Crippen molar-refractivity contribution in [2.45, 2.75) is 6.42 Å². The summed E-state index contributed by atoms with van der Waals surface area (Å²) in [6, 6.07) is 16.1. The number of ether oxygens (including phenoxy) is 1. The topological polar surface area (TPSA) is 49.1 Å². The van der Waals surface area contributed by atoms with Gasteiger partial charge in [0.25, 0.3) is 0 Å². The summed E-state index contributed by atoms with van der Waals surface area (Å²) < 4.78 is 5.78. The number of para-hydroxylation sites is 1. The molecular formula is C17H17N3O. The van der Waals surface area contributed by atoms with Crippen molar-refractivity contribution >= 4 is 5.69 Å². The highest BCUT2D eigenvalue weighted by molar-refractivity contribution is 5.46. The Bertz CT molecular complexity index is 636. The van der Waals surface area contributed by atoms with Gasteiger partial charge in [-0.15, -0.1) is 0 Å².